The minimum absolute atomic E-state index is 0.426. The van der Waals surface area contributed by atoms with Gasteiger partial charge < -0.3 is 0 Å². The average Bonchev–Trinajstić information content (AvgIpc) is 2.17. The molecule has 1 rings (SSSR count). The molecule has 6 nitrogen and oxygen atoms in total. The topological polar surface area (TPSA) is 92.5 Å². The Morgan fingerprint density at radius 2 is 2.21 bits per heavy atom. The largest absolute Gasteiger partial charge is 0.288 e. The van der Waals surface area contributed by atoms with Crippen molar-refractivity contribution in [2.45, 2.75) is 0 Å². The molecule has 0 saturated heterocycles. The maximum atomic E-state index is 12.9. The van der Waals surface area contributed by atoms with Crippen LogP contribution in [0.3, 0.4) is 0 Å². The second kappa shape index (κ2) is 3.79. The van der Waals surface area contributed by atoms with E-state index in [1.165, 1.54) is 5.48 Å². The lowest BCUT2D eigenvalue weighted by Gasteiger charge is -1.99. The number of nitrogens with one attached hydrogen (secondary N) is 1. The highest BCUT2D eigenvalue weighted by Crippen LogP contribution is 2.16. The van der Waals surface area contributed by atoms with E-state index in [9.17, 15) is 19.3 Å². The lowest BCUT2D eigenvalue weighted by molar-refractivity contribution is -0.384. The van der Waals surface area contributed by atoms with Crippen molar-refractivity contribution in [1.29, 1.82) is 0 Å². The number of amides is 1. The van der Waals surface area contributed by atoms with Crippen molar-refractivity contribution in [3.05, 3.63) is 39.7 Å². The highest BCUT2D eigenvalue weighted by Gasteiger charge is 2.15. The number of nitro groups is 1. The van der Waals surface area contributed by atoms with Crippen LogP contribution in [-0.4, -0.2) is 16.0 Å². The van der Waals surface area contributed by atoms with Crippen LogP contribution >= 0.6 is 0 Å². The summed E-state index contributed by atoms with van der Waals surface area (Å²) in [5, 5.41) is 18.5. The second-order valence-corrected chi connectivity index (χ2v) is 2.36. The van der Waals surface area contributed by atoms with E-state index in [2.05, 4.69) is 0 Å². The van der Waals surface area contributed by atoms with Crippen LogP contribution in [0.5, 0.6) is 0 Å². The van der Waals surface area contributed by atoms with Crippen molar-refractivity contribution in [2.75, 3.05) is 0 Å². The number of nitrogens with zero attached hydrogens (tertiary/aromatic N) is 1. The molecule has 0 aromatic heterocycles. The number of hydrogen-bond acceptors (Lipinski definition) is 4. The number of carbonyl (C=O) groups excluding carboxylic acids is 1. The molecule has 1 aromatic rings. The van der Waals surface area contributed by atoms with Gasteiger partial charge in [-0.1, -0.05) is 0 Å². The zero-order chi connectivity index (χ0) is 10.7. The maximum Gasteiger partial charge on any atom is 0.277 e. The minimum atomic E-state index is -1.13. The Morgan fingerprint density at radius 1 is 1.57 bits per heavy atom. The molecule has 0 aliphatic carbocycles. The highest BCUT2D eigenvalue weighted by molar-refractivity contribution is 5.94. The van der Waals surface area contributed by atoms with E-state index in [4.69, 9.17) is 5.21 Å². The van der Waals surface area contributed by atoms with Crippen molar-refractivity contribution >= 4 is 11.6 Å². The van der Waals surface area contributed by atoms with Gasteiger partial charge in [-0.25, -0.2) is 9.87 Å². The third-order valence-corrected chi connectivity index (χ3v) is 1.51. The molecule has 0 fully saturated rings. The molecular weight excluding hydrogens is 195 g/mol. The first-order valence-corrected chi connectivity index (χ1v) is 3.44. The second-order valence-electron chi connectivity index (χ2n) is 2.36. The Bertz CT molecular complexity index is 393. The van der Waals surface area contributed by atoms with Gasteiger partial charge in [0.15, 0.2) is 0 Å². The SMILES string of the molecule is O=C(NO)c1cc([N+](=O)[O-])ccc1F. The summed E-state index contributed by atoms with van der Waals surface area (Å²) in [4.78, 5) is 20.3. The lowest BCUT2D eigenvalue weighted by atomic mass is 10.2. The number of rotatable bonds is 2. The molecule has 1 aromatic carbocycles. The Balaban J connectivity index is 3.21. The van der Waals surface area contributed by atoms with E-state index in [0.717, 1.165) is 18.2 Å². The van der Waals surface area contributed by atoms with Gasteiger partial charge in [-0.2, -0.15) is 0 Å². The van der Waals surface area contributed by atoms with Crippen molar-refractivity contribution in [3.63, 3.8) is 0 Å². The smallest absolute Gasteiger partial charge is 0.277 e. The van der Waals surface area contributed by atoms with Gasteiger partial charge in [0.1, 0.15) is 5.82 Å². The number of non-ortho nitro benzene ring substituents is 1. The quantitative estimate of drug-likeness (QED) is 0.420. The Morgan fingerprint density at radius 3 is 2.71 bits per heavy atom. The van der Waals surface area contributed by atoms with Gasteiger partial charge in [0.05, 0.1) is 10.5 Å². The van der Waals surface area contributed by atoms with Gasteiger partial charge in [-0.15, -0.1) is 0 Å². The van der Waals surface area contributed by atoms with Crippen molar-refractivity contribution in [3.8, 4) is 0 Å². The fourth-order valence-electron chi connectivity index (χ4n) is 0.861. The van der Waals surface area contributed by atoms with E-state index in [0.29, 0.717) is 0 Å². The van der Waals surface area contributed by atoms with E-state index in [-0.39, 0.29) is 0 Å². The number of carbonyl (C=O) groups is 1. The predicted octanol–water partition coefficient (Wildman–Crippen LogP) is 0.853. The molecule has 0 aliphatic heterocycles. The summed E-state index contributed by atoms with van der Waals surface area (Å²) >= 11 is 0. The first-order valence-electron chi connectivity index (χ1n) is 3.44. The standard InChI is InChI=1S/C7H5FN2O4/c8-6-2-1-4(10(13)14)3-5(6)7(11)9-12/h1-3,12H,(H,9,11). The molecule has 0 heterocycles. The van der Waals surface area contributed by atoms with Gasteiger partial charge in [0.2, 0.25) is 0 Å². The van der Waals surface area contributed by atoms with E-state index in [1.54, 1.807) is 0 Å². The summed E-state index contributed by atoms with van der Waals surface area (Å²) in [5.41, 5.74) is 0.179. The van der Waals surface area contributed by atoms with Gasteiger partial charge in [-0.05, 0) is 6.07 Å². The summed E-state index contributed by atoms with van der Waals surface area (Å²) < 4.78 is 12.9. The van der Waals surface area contributed by atoms with Crippen molar-refractivity contribution in [2.24, 2.45) is 0 Å². The molecular formula is C7H5FN2O4. The number of halogens is 1. The predicted molar refractivity (Wildman–Crippen MR) is 42.3 cm³/mol. The Kier molecular flexibility index (Phi) is 2.73. The van der Waals surface area contributed by atoms with Crippen molar-refractivity contribution < 1.29 is 19.3 Å². The van der Waals surface area contributed by atoms with E-state index < -0.39 is 27.9 Å². The van der Waals surface area contributed by atoms with Crippen LogP contribution in [0.15, 0.2) is 18.2 Å². The van der Waals surface area contributed by atoms with Crippen LogP contribution in [0.4, 0.5) is 10.1 Å². The van der Waals surface area contributed by atoms with Crippen LogP contribution in [-0.2, 0) is 0 Å². The first-order chi connectivity index (χ1) is 6.56. The van der Waals surface area contributed by atoms with Gasteiger partial charge in [0.25, 0.3) is 11.6 Å². The van der Waals surface area contributed by atoms with Crippen LogP contribution in [0.2, 0.25) is 0 Å². The normalized spacial score (nSPS) is 9.57. The summed E-state index contributed by atoms with van der Waals surface area (Å²) in [6.45, 7) is 0. The average molecular weight is 200 g/mol. The molecule has 1 amide bonds. The molecule has 0 saturated carbocycles. The fourth-order valence-corrected chi connectivity index (χ4v) is 0.861. The van der Waals surface area contributed by atoms with E-state index in [1.807, 2.05) is 0 Å². The molecule has 0 atom stereocenters. The zero-order valence-electron chi connectivity index (χ0n) is 6.73. The number of benzene rings is 1. The summed E-state index contributed by atoms with van der Waals surface area (Å²) in [5.74, 6) is -2.08. The molecule has 14 heavy (non-hydrogen) atoms. The lowest BCUT2D eigenvalue weighted by Crippen LogP contribution is -2.20. The molecule has 0 unspecified atom stereocenters. The molecule has 74 valence electrons. The molecule has 0 spiro atoms. The Labute approximate surface area is 77.1 Å². The molecule has 2 N–H and O–H groups in total. The highest BCUT2D eigenvalue weighted by atomic mass is 19.1. The van der Waals surface area contributed by atoms with Crippen LogP contribution in [0.1, 0.15) is 10.4 Å². The summed E-state index contributed by atoms with van der Waals surface area (Å²) in [6.07, 6.45) is 0. The van der Waals surface area contributed by atoms with Crippen LogP contribution < -0.4 is 5.48 Å². The van der Waals surface area contributed by atoms with Gasteiger partial charge in [-0.3, -0.25) is 20.1 Å². The monoisotopic (exact) mass is 200 g/mol. The maximum absolute atomic E-state index is 12.9. The third-order valence-electron chi connectivity index (χ3n) is 1.51. The molecule has 0 bridgehead atoms. The van der Waals surface area contributed by atoms with E-state index >= 15 is 0 Å². The number of hydrogen-bond donors (Lipinski definition) is 2. The van der Waals surface area contributed by atoms with Gasteiger partial charge >= 0.3 is 0 Å². The van der Waals surface area contributed by atoms with Gasteiger partial charge in [0, 0.05) is 12.1 Å². The molecule has 0 aliphatic rings. The zero-order valence-corrected chi connectivity index (χ0v) is 6.73. The summed E-state index contributed by atoms with van der Waals surface area (Å²) in [7, 11) is 0. The molecule has 7 heteroatoms. The third kappa shape index (κ3) is 1.83. The Hall–Kier alpha value is -2.02. The summed E-state index contributed by atoms with van der Waals surface area (Å²) in [6, 6.07) is 2.44. The fraction of sp³-hybridized carbons (Fsp3) is 0. The number of nitro benzene ring substituents is 1. The minimum Gasteiger partial charge on any atom is -0.288 e. The van der Waals surface area contributed by atoms with Crippen LogP contribution in [0.25, 0.3) is 0 Å². The molecule has 0 radical (unpaired) electrons. The number of hydroxylamine groups is 1. The van der Waals surface area contributed by atoms with Crippen molar-refractivity contribution in [1.82, 2.24) is 5.48 Å². The van der Waals surface area contributed by atoms with Crippen LogP contribution in [0, 0.1) is 15.9 Å². The first kappa shape index (κ1) is 10.1.